The van der Waals surface area contributed by atoms with Crippen LogP contribution in [0, 0.1) is 15.9 Å². The molecule has 0 unspecified atom stereocenters. The summed E-state index contributed by atoms with van der Waals surface area (Å²) in [4.78, 5) is 21.2. The van der Waals surface area contributed by atoms with Crippen LogP contribution in [0.5, 0.6) is 0 Å². The second kappa shape index (κ2) is 6.65. The maximum atomic E-state index is 13.3. The van der Waals surface area contributed by atoms with E-state index in [-0.39, 0.29) is 24.4 Å². The Morgan fingerprint density at radius 1 is 1.44 bits per heavy atom. The predicted octanol–water partition coefficient (Wildman–Crippen LogP) is 1.83. The van der Waals surface area contributed by atoms with Gasteiger partial charge in [-0.3, -0.25) is 14.9 Å². The normalized spacial score (nSPS) is 10.1. The van der Waals surface area contributed by atoms with Crippen molar-refractivity contribution in [2.45, 2.75) is 19.3 Å². The van der Waals surface area contributed by atoms with E-state index in [0.717, 1.165) is 18.2 Å². The number of anilines is 1. The van der Waals surface area contributed by atoms with E-state index in [2.05, 4.69) is 5.32 Å². The summed E-state index contributed by atoms with van der Waals surface area (Å²) in [6.45, 7) is -0.0154. The van der Waals surface area contributed by atoms with Gasteiger partial charge in [0.2, 0.25) is 5.91 Å². The van der Waals surface area contributed by atoms with Gasteiger partial charge in [0.1, 0.15) is 5.82 Å². The van der Waals surface area contributed by atoms with Crippen molar-refractivity contribution in [1.29, 1.82) is 0 Å². The maximum Gasteiger partial charge on any atom is 0.271 e. The molecule has 0 aliphatic heterocycles. The summed E-state index contributed by atoms with van der Waals surface area (Å²) in [6, 6.07) is 2.93. The largest absolute Gasteiger partial charge is 0.396 e. The van der Waals surface area contributed by atoms with E-state index in [9.17, 15) is 19.3 Å². The van der Waals surface area contributed by atoms with Crippen LogP contribution in [0.25, 0.3) is 0 Å². The van der Waals surface area contributed by atoms with Crippen molar-refractivity contribution in [3.63, 3.8) is 0 Å². The van der Waals surface area contributed by atoms with Gasteiger partial charge >= 0.3 is 0 Å². The van der Waals surface area contributed by atoms with Gasteiger partial charge in [0.25, 0.3) is 5.69 Å². The number of non-ortho nitro benzene ring substituents is 1. The highest BCUT2D eigenvalue weighted by molar-refractivity contribution is 5.91. The highest BCUT2D eigenvalue weighted by Crippen LogP contribution is 2.21. The average Bonchev–Trinajstić information content (AvgIpc) is 2.32. The lowest BCUT2D eigenvalue weighted by Gasteiger charge is -2.05. The Balaban J connectivity index is 2.68. The van der Waals surface area contributed by atoms with Gasteiger partial charge in [-0.15, -0.1) is 0 Å². The van der Waals surface area contributed by atoms with E-state index in [0.29, 0.717) is 12.8 Å². The van der Waals surface area contributed by atoms with Gasteiger partial charge in [-0.1, -0.05) is 0 Å². The topological polar surface area (TPSA) is 92.5 Å². The first-order chi connectivity index (χ1) is 8.54. The summed E-state index contributed by atoms with van der Waals surface area (Å²) in [5, 5.41) is 21.3. The summed E-state index contributed by atoms with van der Waals surface area (Å²) in [5.41, 5.74) is -0.500. The molecule has 1 aromatic carbocycles. The number of carbonyl (C=O) groups excluding carboxylic acids is 1. The zero-order valence-corrected chi connectivity index (χ0v) is 9.56. The number of rotatable bonds is 6. The molecule has 0 aliphatic rings. The van der Waals surface area contributed by atoms with Crippen LogP contribution in [0.3, 0.4) is 0 Å². The van der Waals surface area contributed by atoms with Gasteiger partial charge in [0.05, 0.1) is 10.6 Å². The number of nitrogens with one attached hydrogen (secondary N) is 1. The van der Waals surface area contributed by atoms with Crippen molar-refractivity contribution < 1.29 is 19.2 Å². The number of nitro benzene ring substituents is 1. The maximum absolute atomic E-state index is 13.3. The lowest BCUT2D eigenvalue weighted by Crippen LogP contribution is -2.12. The molecular formula is C11H13FN2O4. The number of nitrogens with zero attached hydrogens (tertiary/aromatic N) is 1. The molecule has 1 aromatic rings. The van der Waals surface area contributed by atoms with Gasteiger partial charge in [0, 0.05) is 25.2 Å². The molecule has 98 valence electrons. The number of aliphatic hydroxyl groups excluding tert-OH is 1. The minimum atomic E-state index is -0.726. The first kappa shape index (κ1) is 14.0. The Morgan fingerprint density at radius 3 is 2.78 bits per heavy atom. The van der Waals surface area contributed by atoms with E-state index in [1.807, 2.05) is 0 Å². The number of unbranched alkanes of at least 4 members (excludes halogenated alkanes) is 1. The number of hydrogen-bond donors (Lipinski definition) is 2. The van der Waals surface area contributed by atoms with Crippen LogP contribution in [0.4, 0.5) is 15.8 Å². The third kappa shape index (κ3) is 4.10. The number of benzene rings is 1. The molecule has 1 rings (SSSR count). The summed E-state index contributed by atoms with van der Waals surface area (Å²) in [5.74, 6) is -1.17. The molecule has 0 aliphatic carbocycles. The summed E-state index contributed by atoms with van der Waals surface area (Å²) >= 11 is 0. The minimum absolute atomic E-state index is 0.0154. The molecule has 18 heavy (non-hydrogen) atoms. The van der Waals surface area contributed by atoms with E-state index in [1.54, 1.807) is 0 Å². The molecule has 0 saturated heterocycles. The number of carbonyl (C=O) groups is 1. The van der Waals surface area contributed by atoms with Crippen molar-refractivity contribution in [2.24, 2.45) is 0 Å². The standard InChI is InChI=1S/C11H13FN2O4/c12-9-5-4-8(14(17)18)7-10(9)13-11(16)3-1-2-6-15/h4-5,7,15H,1-3,6H2,(H,13,16). The average molecular weight is 256 g/mol. The van der Waals surface area contributed by atoms with E-state index >= 15 is 0 Å². The number of nitro groups is 1. The van der Waals surface area contributed by atoms with Crippen LogP contribution in [-0.4, -0.2) is 22.5 Å². The Hall–Kier alpha value is -2.02. The summed E-state index contributed by atoms with van der Waals surface area (Å²) < 4.78 is 13.3. The molecule has 0 atom stereocenters. The molecule has 0 radical (unpaired) electrons. The van der Waals surface area contributed by atoms with E-state index in [4.69, 9.17) is 5.11 Å². The first-order valence-corrected chi connectivity index (χ1v) is 5.39. The van der Waals surface area contributed by atoms with Crippen LogP contribution in [0.2, 0.25) is 0 Å². The van der Waals surface area contributed by atoms with Gasteiger partial charge in [-0.05, 0) is 18.9 Å². The number of aliphatic hydroxyl groups is 1. The first-order valence-electron chi connectivity index (χ1n) is 5.39. The van der Waals surface area contributed by atoms with Gasteiger partial charge in [-0.2, -0.15) is 0 Å². The molecule has 7 heteroatoms. The fraction of sp³-hybridized carbons (Fsp3) is 0.364. The highest BCUT2D eigenvalue weighted by atomic mass is 19.1. The number of amides is 1. The Morgan fingerprint density at radius 2 is 2.17 bits per heavy atom. The van der Waals surface area contributed by atoms with Crippen LogP contribution in [0.15, 0.2) is 18.2 Å². The van der Waals surface area contributed by atoms with Gasteiger partial charge in [-0.25, -0.2) is 4.39 Å². The van der Waals surface area contributed by atoms with E-state index < -0.39 is 16.6 Å². The quantitative estimate of drug-likeness (QED) is 0.461. The monoisotopic (exact) mass is 256 g/mol. The van der Waals surface area contributed by atoms with Crippen molar-refractivity contribution >= 4 is 17.3 Å². The lowest BCUT2D eigenvalue weighted by molar-refractivity contribution is -0.384. The Kier molecular flexibility index (Phi) is 5.19. The molecule has 6 nitrogen and oxygen atoms in total. The van der Waals surface area contributed by atoms with Gasteiger partial charge < -0.3 is 10.4 Å². The zero-order valence-electron chi connectivity index (χ0n) is 9.56. The molecule has 0 spiro atoms. The third-order valence-electron chi connectivity index (χ3n) is 2.25. The molecule has 0 bridgehead atoms. The second-order valence-electron chi connectivity index (χ2n) is 3.65. The molecule has 0 heterocycles. The minimum Gasteiger partial charge on any atom is -0.396 e. The van der Waals surface area contributed by atoms with Crippen LogP contribution in [0.1, 0.15) is 19.3 Å². The van der Waals surface area contributed by atoms with Crippen molar-refractivity contribution in [2.75, 3.05) is 11.9 Å². The SMILES string of the molecule is O=C(CCCCO)Nc1cc([N+](=O)[O-])ccc1F. The van der Waals surface area contributed by atoms with Gasteiger partial charge in [0.15, 0.2) is 0 Å². The zero-order chi connectivity index (χ0) is 13.5. The molecule has 0 saturated carbocycles. The highest BCUT2D eigenvalue weighted by Gasteiger charge is 2.12. The number of hydrogen-bond acceptors (Lipinski definition) is 4. The number of halogens is 1. The van der Waals surface area contributed by atoms with Crippen molar-refractivity contribution in [3.05, 3.63) is 34.1 Å². The fourth-order valence-corrected chi connectivity index (χ4v) is 1.33. The fourth-order valence-electron chi connectivity index (χ4n) is 1.33. The Labute approximate surface area is 103 Å². The molecular weight excluding hydrogens is 243 g/mol. The molecule has 1 amide bonds. The van der Waals surface area contributed by atoms with Crippen molar-refractivity contribution in [3.8, 4) is 0 Å². The smallest absolute Gasteiger partial charge is 0.271 e. The van der Waals surface area contributed by atoms with Crippen LogP contribution in [-0.2, 0) is 4.79 Å². The summed E-state index contributed by atoms with van der Waals surface area (Å²) in [7, 11) is 0. The molecule has 0 aromatic heterocycles. The lowest BCUT2D eigenvalue weighted by atomic mass is 10.2. The Bertz CT molecular complexity index is 451. The predicted molar refractivity (Wildman–Crippen MR) is 62.6 cm³/mol. The molecule has 2 N–H and O–H groups in total. The van der Waals surface area contributed by atoms with E-state index in [1.165, 1.54) is 0 Å². The second-order valence-corrected chi connectivity index (χ2v) is 3.65. The van der Waals surface area contributed by atoms with Crippen molar-refractivity contribution in [1.82, 2.24) is 0 Å². The molecule has 0 fully saturated rings. The van der Waals surface area contributed by atoms with Crippen LogP contribution < -0.4 is 5.32 Å². The van der Waals surface area contributed by atoms with Crippen LogP contribution >= 0.6 is 0 Å². The summed E-state index contributed by atoms with van der Waals surface area (Å²) in [6.07, 6.45) is 1.08. The third-order valence-corrected chi connectivity index (χ3v) is 2.25.